The van der Waals surface area contributed by atoms with Gasteiger partial charge in [-0.1, -0.05) is 36.4 Å². The monoisotopic (exact) mass is 184 g/mol. The molecular formula is C13H12O. The average Bonchev–Trinajstić information content (AvgIpc) is 2.61. The lowest BCUT2D eigenvalue weighted by molar-refractivity contribution is 0.180. The van der Waals surface area contributed by atoms with Crippen molar-refractivity contribution in [2.24, 2.45) is 0 Å². The number of aliphatic hydroxyl groups excluding tert-OH is 1. The Balaban J connectivity index is 2.38. The zero-order chi connectivity index (χ0) is 9.54. The molecule has 0 aliphatic heterocycles. The maximum Gasteiger partial charge on any atom is 0.0796 e. The van der Waals surface area contributed by atoms with Gasteiger partial charge in [0.2, 0.25) is 0 Å². The Morgan fingerprint density at radius 1 is 1.07 bits per heavy atom. The summed E-state index contributed by atoms with van der Waals surface area (Å²) in [4.78, 5) is 0. The third-order valence-corrected chi connectivity index (χ3v) is 3.10. The fraction of sp³-hybridized carbons (Fsp3) is 0.231. The van der Waals surface area contributed by atoms with Gasteiger partial charge in [-0.2, -0.15) is 0 Å². The van der Waals surface area contributed by atoms with Crippen LogP contribution >= 0.6 is 0 Å². The minimum Gasteiger partial charge on any atom is -0.388 e. The van der Waals surface area contributed by atoms with Gasteiger partial charge in [0.05, 0.1) is 6.10 Å². The molecule has 0 bridgehead atoms. The first kappa shape index (κ1) is 8.01. The van der Waals surface area contributed by atoms with E-state index in [2.05, 4.69) is 36.4 Å². The Morgan fingerprint density at radius 2 is 1.93 bits per heavy atom. The zero-order valence-corrected chi connectivity index (χ0v) is 7.90. The maximum atomic E-state index is 9.74. The predicted octanol–water partition coefficient (Wildman–Crippen LogP) is 2.82. The number of hydrogen-bond donors (Lipinski definition) is 1. The SMILES string of the molecule is OC1CCc2c1ccc1ccccc21. The lowest BCUT2D eigenvalue weighted by Crippen LogP contribution is -1.89. The summed E-state index contributed by atoms with van der Waals surface area (Å²) in [6.45, 7) is 0. The highest BCUT2D eigenvalue weighted by Gasteiger charge is 2.21. The quantitative estimate of drug-likeness (QED) is 0.667. The van der Waals surface area contributed by atoms with Crippen molar-refractivity contribution in [3.05, 3.63) is 47.5 Å². The second-order valence-electron chi connectivity index (χ2n) is 3.91. The summed E-state index contributed by atoms with van der Waals surface area (Å²) in [7, 11) is 0. The van der Waals surface area contributed by atoms with E-state index in [-0.39, 0.29) is 6.10 Å². The summed E-state index contributed by atoms with van der Waals surface area (Å²) in [6, 6.07) is 12.6. The van der Waals surface area contributed by atoms with E-state index >= 15 is 0 Å². The first-order chi connectivity index (χ1) is 6.86. The number of aliphatic hydroxyl groups is 1. The van der Waals surface area contributed by atoms with E-state index in [0.29, 0.717) is 0 Å². The van der Waals surface area contributed by atoms with Crippen molar-refractivity contribution in [2.75, 3.05) is 0 Å². The molecule has 1 aliphatic carbocycles. The Kier molecular flexibility index (Phi) is 1.62. The Hall–Kier alpha value is -1.34. The number of aryl methyl sites for hydroxylation is 1. The molecule has 0 saturated carbocycles. The van der Waals surface area contributed by atoms with Crippen LogP contribution in [0.1, 0.15) is 23.7 Å². The lowest BCUT2D eigenvalue weighted by Gasteiger charge is -2.06. The topological polar surface area (TPSA) is 20.2 Å². The second kappa shape index (κ2) is 2.82. The van der Waals surface area contributed by atoms with Crippen LogP contribution in [-0.4, -0.2) is 5.11 Å². The van der Waals surface area contributed by atoms with Gasteiger partial charge in [0, 0.05) is 0 Å². The maximum absolute atomic E-state index is 9.74. The molecule has 1 nitrogen and oxygen atoms in total. The van der Waals surface area contributed by atoms with Crippen LogP contribution in [0.4, 0.5) is 0 Å². The van der Waals surface area contributed by atoms with E-state index in [1.54, 1.807) is 0 Å². The van der Waals surface area contributed by atoms with Gasteiger partial charge in [-0.05, 0) is 34.7 Å². The highest BCUT2D eigenvalue weighted by molar-refractivity contribution is 5.87. The van der Waals surface area contributed by atoms with E-state index in [0.717, 1.165) is 18.4 Å². The number of fused-ring (bicyclic) bond motifs is 3. The molecule has 0 aromatic heterocycles. The Bertz CT molecular complexity index is 488. The first-order valence-corrected chi connectivity index (χ1v) is 5.05. The van der Waals surface area contributed by atoms with Gasteiger partial charge in [-0.25, -0.2) is 0 Å². The molecule has 3 rings (SSSR count). The highest BCUT2D eigenvalue weighted by Crippen LogP contribution is 2.35. The molecule has 1 N–H and O–H groups in total. The minimum absolute atomic E-state index is 0.241. The van der Waals surface area contributed by atoms with Crippen molar-refractivity contribution in [2.45, 2.75) is 18.9 Å². The van der Waals surface area contributed by atoms with Crippen LogP contribution in [-0.2, 0) is 6.42 Å². The summed E-state index contributed by atoms with van der Waals surface area (Å²) in [5, 5.41) is 12.3. The van der Waals surface area contributed by atoms with Crippen molar-refractivity contribution < 1.29 is 5.11 Å². The van der Waals surface area contributed by atoms with Crippen LogP contribution in [0, 0.1) is 0 Å². The fourth-order valence-corrected chi connectivity index (χ4v) is 2.38. The molecule has 2 aromatic rings. The smallest absolute Gasteiger partial charge is 0.0796 e. The molecule has 1 aliphatic rings. The standard InChI is InChI=1S/C13H12O/c14-13-8-7-11-10-4-2-1-3-9(10)5-6-12(11)13/h1-6,13-14H,7-8H2. The molecule has 0 fully saturated rings. The van der Waals surface area contributed by atoms with Crippen LogP contribution in [0.25, 0.3) is 10.8 Å². The van der Waals surface area contributed by atoms with E-state index in [1.807, 2.05) is 0 Å². The van der Waals surface area contributed by atoms with Crippen molar-refractivity contribution in [1.29, 1.82) is 0 Å². The van der Waals surface area contributed by atoms with Crippen LogP contribution in [0.2, 0.25) is 0 Å². The Morgan fingerprint density at radius 3 is 2.86 bits per heavy atom. The average molecular weight is 184 g/mol. The molecule has 1 atom stereocenters. The fourth-order valence-electron chi connectivity index (χ4n) is 2.38. The summed E-state index contributed by atoms with van der Waals surface area (Å²) < 4.78 is 0. The van der Waals surface area contributed by atoms with Gasteiger partial charge in [0.1, 0.15) is 0 Å². The summed E-state index contributed by atoms with van der Waals surface area (Å²) in [6.07, 6.45) is 1.65. The molecule has 0 radical (unpaired) electrons. The van der Waals surface area contributed by atoms with E-state index in [4.69, 9.17) is 0 Å². The molecule has 1 heteroatoms. The first-order valence-electron chi connectivity index (χ1n) is 5.05. The third-order valence-electron chi connectivity index (χ3n) is 3.10. The van der Waals surface area contributed by atoms with Crippen molar-refractivity contribution >= 4 is 10.8 Å². The number of benzene rings is 2. The molecule has 70 valence electrons. The van der Waals surface area contributed by atoms with Crippen LogP contribution in [0.5, 0.6) is 0 Å². The third kappa shape index (κ3) is 0.992. The van der Waals surface area contributed by atoms with Gasteiger partial charge >= 0.3 is 0 Å². The van der Waals surface area contributed by atoms with E-state index < -0.39 is 0 Å². The molecular weight excluding hydrogens is 172 g/mol. The van der Waals surface area contributed by atoms with Crippen molar-refractivity contribution in [3.63, 3.8) is 0 Å². The van der Waals surface area contributed by atoms with Crippen LogP contribution in [0.15, 0.2) is 36.4 Å². The van der Waals surface area contributed by atoms with Gasteiger partial charge in [-0.3, -0.25) is 0 Å². The van der Waals surface area contributed by atoms with E-state index in [9.17, 15) is 5.11 Å². The lowest BCUT2D eigenvalue weighted by atomic mass is 10.0. The van der Waals surface area contributed by atoms with Crippen LogP contribution < -0.4 is 0 Å². The summed E-state index contributed by atoms with van der Waals surface area (Å²) >= 11 is 0. The van der Waals surface area contributed by atoms with Crippen LogP contribution in [0.3, 0.4) is 0 Å². The van der Waals surface area contributed by atoms with Crippen molar-refractivity contribution in [3.8, 4) is 0 Å². The van der Waals surface area contributed by atoms with Gasteiger partial charge < -0.3 is 5.11 Å². The van der Waals surface area contributed by atoms with Gasteiger partial charge in [0.15, 0.2) is 0 Å². The zero-order valence-electron chi connectivity index (χ0n) is 7.90. The number of rotatable bonds is 0. The molecule has 1 unspecified atom stereocenters. The molecule has 2 aromatic carbocycles. The molecule has 0 spiro atoms. The highest BCUT2D eigenvalue weighted by atomic mass is 16.3. The molecule has 0 saturated heterocycles. The molecule has 0 heterocycles. The number of hydrogen-bond acceptors (Lipinski definition) is 1. The second-order valence-corrected chi connectivity index (χ2v) is 3.91. The largest absolute Gasteiger partial charge is 0.388 e. The predicted molar refractivity (Wildman–Crippen MR) is 57.2 cm³/mol. The molecule has 14 heavy (non-hydrogen) atoms. The van der Waals surface area contributed by atoms with Gasteiger partial charge in [0.25, 0.3) is 0 Å². The Labute approximate surface area is 83.0 Å². The normalized spacial score (nSPS) is 19.9. The van der Waals surface area contributed by atoms with Gasteiger partial charge in [-0.15, -0.1) is 0 Å². The summed E-state index contributed by atoms with van der Waals surface area (Å²) in [5.74, 6) is 0. The minimum atomic E-state index is -0.241. The molecule has 0 amide bonds. The summed E-state index contributed by atoms with van der Waals surface area (Å²) in [5.41, 5.74) is 2.47. The van der Waals surface area contributed by atoms with Crippen molar-refractivity contribution in [1.82, 2.24) is 0 Å². The van der Waals surface area contributed by atoms with E-state index in [1.165, 1.54) is 16.3 Å².